The maximum absolute atomic E-state index is 4.31. The summed E-state index contributed by atoms with van der Waals surface area (Å²) in [6, 6.07) is 0.499. The molecule has 0 spiro atoms. The Hall–Kier alpha value is -0.870. The normalized spacial score (nSPS) is 20.7. The van der Waals surface area contributed by atoms with E-state index in [0.29, 0.717) is 6.04 Å². The first kappa shape index (κ1) is 15.5. The molecule has 1 aromatic rings. The van der Waals surface area contributed by atoms with Crippen molar-refractivity contribution in [3.63, 3.8) is 0 Å². The molecule has 0 aromatic carbocycles. The van der Waals surface area contributed by atoms with Crippen LogP contribution in [-0.4, -0.2) is 40.6 Å². The Morgan fingerprint density at radius 1 is 1.45 bits per heavy atom. The van der Waals surface area contributed by atoms with Crippen LogP contribution in [-0.2, 0) is 6.54 Å². The number of aromatic nitrogens is 2. The summed E-state index contributed by atoms with van der Waals surface area (Å²) in [6.07, 6.45) is 7.91. The average molecular weight is 278 g/mol. The van der Waals surface area contributed by atoms with Crippen LogP contribution in [0.15, 0.2) is 12.5 Å². The molecule has 1 atom stereocenters. The lowest BCUT2D eigenvalue weighted by Gasteiger charge is -2.33. The molecule has 0 saturated carbocycles. The van der Waals surface area contributed by atoms with Gasteiger partial charge in [0.05, 0.1) is 12.0 Å². The molecule has 0 radical (unpaired) electrons. The minimum Gasteiger partial charge on any atom is -0.331 e. The van der Waals surface area contributed by atoms with Gasteiger partial charge in [-0.2, -0.15) is 0 Å². The Labute approximate surface area is 123 Å². The third-order valence-corrected chi connectivity index (χ3v) is 4.15. The Balaban J connectivity index is 1.84. The fourth-order valence-electron chi connectivity index (χ4n) is 3.09. The predicted octanol–water partition coefficient (Wildman–Crippen LogP) is 2.68. The van der Waals surface area contributed by atoms with Crippen molar-refractivity contribution in [3.8, 4) is 0 Å². The topological polar surface area (TPSA) is 33.1 Å². The SMILES string of the molecule is CCCNCC1CCCN(Cc2cncn2C(C)C)C1. The summed E-state index contributed by atoms with van der Waals surface area (Å²) in [7, 11) is 0. The van der Waals surface area contributed by atoms with Crippen molar-refractivity contribution in [2.45, 2.75) is 52.6 Å². The highest BCUT2D eigenvalue weighted by Crippen LogP contribution is 2.19. The fraction of sp³-hybridized carbons (Fsp3) is 0.812. The van der Waals surface area contributed by atoms with E-state index in [1.807, 2.05) is 12.5 Å². The van der Waals surface area contributed by atoms with E-state index >= 15 is 0 Å². The molecule has 0 aliphatic carbocycles. The average Bonchev–Trinajstić information content (AvgIpc) is 2.88. The molecular weight excluding hydrogens is 248 g/mol. The van der Waals surface area contributed by atoms with Gasteiger partial charge in [0.15, 0.2) is 0 Å². The summed E-state index contributed by atoms with van der Waals surface area (Å²) in [5.74, 6) is 0.811. The highest BCUT2D eigenvalue weighted by Gasteiger charge is 2.20. The van der Waals surface area contributed by atoms with Crippen molar-refractivity contribution < 1.29 is 0 Å². The molecule has 1 aliphatic heterocycles. The van der Waals surface area contributed by atoms with Crippen LogP contribution in [0.2, 0.25) is 0 Å². The molecule has 0 bridgehead atoms. The first-order valence-corrected chi connectivity index (χ1v) is 8.14. The fourth-order valence-corrected chi connectivity index (χ4v) is 3.09. The Bertz CT molecular complexity index is 386. The van der Waals surface area contributed by atoms with Crippen molar-refractivity contribution in [1.29, 1.82) is 0 Å². The molecule has 1 unspecified atom stereocenters. The summed E-state index contributed by atoms with van der Waals surface area (Å²) >= 11 is 0. The van der Waals surface area contributed by atoms with E-state index in [-0.39, 0.29) is 0 Å². The summed E-state index contributed by atoms with van der Waals surface area (Å²) in [4.78, 5) is 6.91. The van der Waals surface area contributed by atoms with Crippen molar-refractivity contribution in [2.24, 2.45) is 5.92 Å². The zero-order valence-corrected chi connectivity index (χ0v) is 13.3. The molecule has 20 heavy (non-hydrogen) atoms. The van der Waals surface area contributed by atoms with Gasteiger partial charge < -0.3 is 9.88 Å². The van der Waals surface area contributed by atoms with Crippen LogP contribution < -0.4 is 5.32 Å². The van der Waals surface area contributed by atoms with E-state index < -0.39 is 0 Å². The number of likely N-dealkylation sites (tertiary alicyclic amines) is 1. The largest absolute Gasteiger partial charge is 0.331 e. The zero-order valence-electron chi connectivity index (χ0n) is 13.3. The summed E-state index contributed by atoms with van der Waals surface area (Å²) in [5.41, 5.74) is 1.35. The maximum atomic E-state index is 4.31. The van der Waals surface area contributed by atoms with Crippen molar-refractivity contribution in [1.82, 2.24) is 19.8 Å². The van der Waals surface area contributed by atoms with E-state index in [9.17, 15) is 0 Å². The summed E-state index contributed by atoms with van der Waals surface area (Å²) in [6.45, 7) is 12.5. The van der Waals surface area contributed by atoms with Gasteiger partial charge in [-0.15, -0.1) is 0 Å². The second-order valence-electron chi connectivity index (χ2n) is 6.33. The molecule has 4 heteroatoms. The highest BCUT2D eigenvalue weighted by atomic mass is 15.2. The van der Waals surface area contributed by atoms with E-state index in [0.717, 1.165) is 19.0 Å². The lowest BCUT2D eigenvalue weighted by molar-refractivity contribution is 0.161. The molecular formula is C16H30N4. The van der Waals surface area contributed by atoms with Gasteiger partial charge in [0.2, 0.25) is 0 Å². The van der Waals surface area contributed by atoms with E-state index in [1.165, 1.54) is 44.6 Å². The quantitative estimate of drug-likeness (QED) is 0.779. The highest BCUT2D eigenvalue weighted by molar-refractivity contribution is 5.00. The second kappa shape index (κ2) is 7.79. The van der Waals surface area contributed by atoms with Gasteiger partial charge in [-0.05, 0) is 58.7 Å². The number of hydrogen-bond donors (Lipinski definition) is 1. The maximum Gasteiger partial charge on any atom is 0.0951 e. The van der Waals surface area contributed by atoms with Crippen molar-refractivity contribution in [3.05, 3.63) is 18.2 Å². The third kappa shape index (κ3) is 4.32. The predicted molar refractivity (Wildman–Crippen MR) is 83.8 cm³/mol. The number of hydrogen-bond acceptors (Lipinski definition) is 3. The first-order chi connectivity index (χ1) is 9.70. The lowest BCUT2D eigenvalue weighted by Crippen LogP contribution is -2.39. The molecule has 4 nitrogen and oxygen atoms in total. The van der Waals surface area contributed by atoms with Gasteiger partial charge >= 0.3 is 0 Å². The van der Waals surface area contributed by atoms with Crippen LogP contribution in [0, 0.1) is 5.92 Å². The van der Waals surface area contributed by atoms with Crippen LogP contribution in [0.3, 0.4) is 0 Å². The summed E-state index contributed by atoms with van der Waals surface area (Å²) < 4.78 is 2.29. The first-order valence-electron chi connectivity index (χ1n) is 8.14. The lowest BCUT2D eigenvalue weighted by atomic mass is 9.98. The number of nitrogens with one attached hydrogen (secondary N) is 1. The van der Waals surface area contributed by atoms with E-state index in [4.69, 9.17) is 0 Å². The molecule has 1 N–H and O–H groups in total. The second-order valence-corrected chi connectivity index (χ2v) is 6.33. The van der Waals surface area contributed by atoms with Crippen LogP contribution in [0.25, 0.3) is 0 Å². The number of imidazole rings is 1. The van der Waals surface area contributed by atoms with Crippen LogP contribution in [0.5, 0.6) is 0 Å². The number of piperidine rings is 1. The Morgan fingerprint density at radius 2 is 2.30 bits per heavy atom. The van der Waals surface area contributed by atoms with E-state index in [2.05, 4.69) is 40.5 Å². The molecule has 1 fully saturated rings. The summed E-state index contributed by atoms with van der Waals surface area (Å²) in [5, 5.41) is 3.57. The molecule has 0 amide bonds. The van der Waals surface area contributed by atoms with Crippen LogP contribution in [0.4, 0.5) is 0 Å². The van der Waals surface area contributed by atoms with Gasteiger partial charge in [0, 0.05) is 25.3 Å². The number of nitrogens with zero attached hydrogens (tertiary/aromatic N) is 3. The molecule has 114 valence electrons. The monoisotopic (exact) mass is 278 g/mol. The van der Waals surface area contributed by atoms with Crippen molar-refractivity contribution in [2.75, 3.05) is 26.2 Å². The Morgan fingerprint density at radius 3 is 3.05 bits per heavy atom. The Kier molecular flexibility index (Phi) is 6.05. The smallest absolute Gasteiger partial charge is 0.0951 e. The van der Waals surface area contributed by atoms with Gasteiger partial charge in [0.1, 0.15) is 0 Å². The molecule has 1 aromatic heterocycles. The minimum absolute atomic E-state index is 0.499. The van der Waals surface area contributed by atoms with Gasteiger partial charge in [-0.25, -0.2) is 4.98 Å². The van der Waals surface area contributed by atoms with Gasteiger partial charge in [-0.1, -0.05) is 6.92 Å². The van der Waals surface area contributed by atoms with Crippen molar-refractivity contribution >= 4 is 0 Å². The van der Waals surface area contributed by atoms with E-state index in [1.54, 1.807) is 0 Å². The van der Waals surface area contributed by atoms with Gasteiger partial charge in [-0.3, -0.25) is 4.90 Å². The standard InChI is InChI=1S/C16H30N4/c1-4-7-17-9-15-6-5-8-19(11-15)12-16-10-18-13-20(16)14(2)3/h10,13-15,17H,4-9,11-12H2,1-3H3. The van der Waals surface area contributed by atoms with Crippen LogP contribution >= 0.6 is 0 Å². The molecule has 2 rings (SSSR count). The number of rotatable bonds is 7. The molecule has 2 heterocycles. The minimum atomic E-state index is 0.499. The van der Waals surface area contributed by atoms with Gasteiger partial charge in [0.25, 0.3) is 0 Å². The zero-order chi connectivity index (χ0) is 14.4. The molecule has 1 saturated heterocycles. The van der Waals surface area contributed by atoms with Crippen LogP contribution in [0.1, 0.15) is 51.8 Å². The molecule has 1 aliphatic rings. The third-order valence-electron chi connectivity index (χ3n) is 4.15.